The van der Waals surface area contributed by atoms with E-state index >= 15 is 0 Å². The van der Waals surface area contributed by atoms with Crippen LogP contribution in [0.4, 0.5) is 0 Å². The lowest BCUT2D eigenvalue weighted by Gasteiger charge is -1.95. The number of aromatic nitrogens is 6. The minimum absolute atomic E-state index is 0.204. The summed E-state index contributed by atoms with van der Waals surface area (Å²) in [6.45, 7) is 0. The molecular formula is C10H8N6OS. The Labute approximate surface area is 105 Å². The van der Waals surface area contributed by atoms with Crippen molar-refractivity contribution in [1.82, 2.24) is 29.3 Å². The average molecular weight is 260 g/mol. The van der Waals surface area contributed by atoms with Crippen molar-refractivity contribution in [2.45, 2.75) is 0 Å². The third-order valence-corrected chi connectivity index (χ3v) is 2.93. The molecule has 7 nitrogen and oxygen atoms in total. The molecule has 0 aliphatic rings. The van der Waals surface area contributed by atoms with Crippen LogP contribution in [0.1, 0.15) is 11.5 Å². The first-order valence-electron chi connectivity index (χ1n) is 5.11. The first kappa shape index (κ1) is 10.8. The first-order chi connectivity index (χ1) is 8.74. The zero-order chi connectivity index (χ0) is 12.5. The summed E-state index contributed by atoms with van der Waals surface area (Å²) in [5.41, 5.74) is 1.08. The number of H-pyrrole nitrogens is 1. The third-order valence-electron chi connectivity index (χ3n) is 2.41. The van der Waals surface area contributed by atoms with Gasteiger partial charge in [-0.15, -0.1) is 5.10 Å². The Morgan fingerprint density at radius 1 is 1.44 bits per heavy atom. The molecule has 0 saturated heterocycles. The molecule has 8 heteroatoms. The van der Waals surface area contributed by atoms with Crippen molar-refractivity contribution >= 4 is 34.7 Å². The van der Waals surface area contributed by atoms with Gasteiger partial charge in [-0.05, 0) is 23.7 Å². The summed E-state index contributed by atoms with van der Waals surface area (Å²) in [5.74, 6) is 0.462. The second-order valence-corrected chi connectivity index (χ2v) is 4.23. The summed E-state index contributed by atoms with van der Waals surface area (Å²) >= 11 is 1.27. The van der Waals surface area contributed by atoms with Crippen molar-refractivity contribution in [2.24, 2.45) is 7.05 Å². The van der Waals surface area contributed by atoms with Crippen molar-refractivity contribution in [2.75, 3.05) is 0 Å². The largest absolute Gasteiger partial charge is 0.306 e. The first-order valence-corrected chi connectivity index (χ1v) is 5.95. The predicted molar refractivity (Wildman–Crippen MR) is 68.0 cm³/mol. The number of nitrogens with one attached hydrogen (secondary N) is 1. The van der Waals surface area contributed by atoms with E-state index in [0.29, 0.717) is 16.9 Å². The summed E-state index contributed by atoms with van der Waals surface area (Å²) in [6.07, 6.45) is 4.92. The van der Waals surface area contributed by atoms with Crippen LogP contribution in [0.3, 0.4) is 0 Å². The van der Waals surface area contributed by atoms with Gasteiger partial charge in [-0.1, -0.05) is 4.49 Å². The predicted octanol–water partition coefficient (Wildman–Crippen LogP) is 0.678. The summed E-state index contributed by atoms with van der Waals surface area (Å²) in [6, 6.07) is 0. The quantitative estimate of drug-likeness (QED) is 0.731. The van der Waals surface area contributed by atoms with Gasteiger partial charge in [0.05, 0.1) is 11.9 Å². The van der Waals surface area contributed by atoms with Crippen molar-refractivity contribution < 1.29 is 0 Å². The van der Waals surface area contributed by atoms with Gasteiger partial charge >= 0.3 is 0 Å². The number of rotatable bonds is 2. The average Bonchev–Trinajstić information content (AvgIpc) is 2.98. The monoisotopic (exact) mass is 260 g/mol. The number of aryl methyl sites for hydroxylation is 1. The Morgan fingerprint density at radius 3 is 3.11 bits per heavy atom. The second-order valence-electron chi connectivity index (χ2n) is 3.62. The van der Waals surface area contributed by atoms with Gasteiger partial charge in [-0.2, -0.15) is 5.10 Å². The molecule has 0 amide bonds. The lowest BCUT2D eigenvalue weighted by Crippen LogP contribution is -2.09. The van der Waals surface area contributed by atoms with E-state index in [1.54, 1.807) is 29.3 Å². The Hall–Kier alpha value is -2.35. The third kappa shape index (κ3) is 1.82. The van der Waals surface area contributed by atoms with Crippen LogP contribution in [0, 0.1) is 0 Å². The molecule has 0 aliphatic heterocycles. The molecule has 0 unspecified atom stereocenters. The molecule has 1 N–H and O–H groups in total. The Bertz CT molecular complexity index is 769. The minimum atomic E-state index is -0.204. The fourth-order valence-corrected chi connectivity index (χ4v) is 1.96. The van der Waals surface area contributed by atoms with E-state index in [0.717, 1.165) is 5.69 Å². The van der Waals surface area contributed by atoms with Crippen molar-refractivity contribution in [3.8, 4) is 0 Å². The van der Waals surface area contributed by atoms with Gasteiger partial charge in [0.15, 0.2) is 5.65 Å². The van der Waals surface area contributed by atoms with Crippen LogP contribution in [0.15, 0.2) is 16.4 Å². The molecule has 0 fully saturated rings. The maximum Gasteiger partial charge on any atom is 0.262 e. The SMILES string of the molecule is Cn1ncc2c(=O)[nH]c(C=Cc3csnn3)nc21. The summed E-state index contributed by atoms with van der Waals surface area (Å²) in [4.78, 5) is 18.7. The Morgan fingerprint density at radius 2 is 2.33 bits per heavy atom. The number of aromatic amines is 1. The highest BCUT2D eigenvalue weighted by Crippen LogP contribution is 2.07. The van der Waals surface area contributed by atoms with Gasteiger partial charge in [0.25, 0.3) is 5.56 Å². The minimum Gasteiger partial charge on any atom is -0.306 e. The van der Waals surface area contributed by atoms with Crippen molar-refractivity contribution in [3.05, 3.63) is 33.4 Å². The van der Waals surface area contributed by atoms with E-state index in [1.165, 1.54) is 17.7 Å². The molecule has 0 spiro atoms. The summed E-state index contributed by atoms with van der Waals surface area (Å²) in [7, 11) is 1.74. The fourth-order valence-electron chi connectivity index (χ4n) is 1.54. The normalized spacial score (nSPS) is 11.6. The lowest BCUT2D eigenvalue weighted by atomic mass is 10.4. The molecule has 0 aliphatic carbocycles. The molecule has 0 atom stereocenters. The van der Waals surface area contributed by atoms with Crippen LogP contribution >= 0.6 is 11.5 Å². The standard InChI is InChI=1S/C10H8N6OS/c1-16-9-7(4-11-16)10(17)13-8(12-9)3-2-6-5-18-15-14-6/h2-5H,1H3,(H,12,13,17). The summed E-state index contributed by atoms with van der Waals surface area (Å²) < 4.78 is 5.30. The van der Waals surface area contributed by atoms with Gasteiger partial charge in [0, 0.05) is 12.4 Å². The highest BCUT2D eigenvalue weighted by molar-refractivity contribution is 7.03. The van der Waals surface area contributed by atoms with Gasteiger partial charge in [-0.25, -0.2) is 4.98 Å². The van der Waals surface area contributed by atoms with Gasteiger partial charge < -0.3 is 4.98 Å². The zero-order valence-corrected chi connectivity index (χ0v) is 10.2. The Kier molecular flexibility index (Phi) is 2.49. The molecule has 18 heavy (non-hydrogen) atoms. The van der Waals surface area contributed by atoms with Crippen LogP contribution < -0.4 is 5.56 Å². The van der Waals surface area contributed by atoms with Gasteiger partial charge in [-0.3, -0.25) is 9.48 Å². The highest BCUT2D eigenvalue weighted by Gasteiger charge is 2.06. The van der Waals surface area contributed by atoms with E-state index in [1.807, 2.05) is 0 Å². The van der Waals surface area contributed by atoms with Crippen LogP contribution in [-0.2, 0) is 7.05 Å². The highest BCUT2D eigenvalue weighted by atomic mass is 32.1. The summed E-state index contributed by atoms with van der Waals surface area (Å²) in [5, 5.41) is 10.1. The molecule has 3 aromatic rings. The number of fused-ring (bicyclic) bond motifs is 1. The van der Waals surface area contributed by atoms with Gasteiger partial charge in [0.2, 0.25) is 0 Å². The van der Waals surface area contributed by atoms with E-state index in [-0.39, 0.29) is 5.56 Å². The van der Waals surface area contributed by atoms with Crippen molar-refractivity contribution in [1.29, 1.82) is 0 Å². The lowest BCUT2D eigenvalue weighted by molar-refractivity contribution is 0.784. The molecule has 3 rings (SSSR count). The molecule has 0 bridgehead atoms. The smallest absolute Gasteiger partial charge is 0.262 e. The van der Waals surface area contributed by atoms with Crippen LogP contribution in [-0.4, -0.2) is 29.3 Å². The fraction of sp³-hybridized carbons (Fsp3) is 0.100. The van der Waals surface area contributed by atoms with Crippen LogP contribution in [0.5, 0.6) is 0 Å². The number of hydrogen-bond acceptors (Lipinski definition) is 6. The molecule has 0 saturated carbocycles. The Balaban J connectivity index is 2.07. The molecular weight excluding hydrogens is 252 g/mol. The number of hydrogen-bond donors (Lipinski definition) is 1. The van der Waals surface area contributed by atoms with E-state index < -0.39 is 0 Å². The van der Waals surface area contributed by atoms with E-state index in [2.05, 4.69) is 24.7 Å². The molecule has 3 heterocycles. The zero-order valence-electron chi connectivity index (χ0n) is 9.36. The second kappa shape index (κ2) is 4.15. The topological polar surface area (TPSA) is 89.4 Å². The van der Waals surface area contributed by atoms with E-state index in [4.69, 9.17) is 0 Å². The molecule has 0 radical (unpaired) electrons. The maximum absolute atomic E-state index is 11.8. The molecule has 3 aromatic heterocycles. The van der Waals surface area contributed by atoms with Crippen LogP contribution in [0.25, 0.3) is 23.2 Å². The molecule has 0 aromatic carbocycles. The van der Waals surface area contributed by atoms with Gasteiger partial charge in [0.1, 0.15) is 11.2 Å². The number of nitrogens with zero attached hydrogens (tertiary/aromatic N) is 5. The molecule has 90 valence electrons. The van der Waals surface area contributed by atoms with Crippen molar-refractivity contribution in [3.63, 3.8) is 0 Å². The maximum atomic E-state index is 11.8. The van der Waals surface area contributed by atoms with E-state index in [9.17, 15) is 4.79 Å². The van der Waals surface area contributed by atoms with Crippen LogP contribution in [0.2, 0.25) is 0 Å².